The summed E-state index contributed by atoms with van der Waals surface area (Å²) in [4.78, 5) is 18.2. The van der Waals surface area contributed by atoms with Crippen LogP contribution in [0.1, 0.15) is 54.2 Å². The topological polar surface area (TPSA) is 42.4 Å². The lowest BCUT2D eigenvalue weighted by molar-refractivity contribution is -0.138. The predicted octanol–water partition coefficient (Wildman–Crippen LogP) is 3.97. The van der Waals surface area contributed by atoms with E-state index in [2.05, 4.69) is 4.98 Å². The molecule has 0 N–H and O–H groups in total. The Bertz CT molecular complexity index is 644. The molecule has 1 saturated heterocycles. The summed E-state index contributed by atoms with van der Waals surface area (Å²) < 4.78 is 44.4. The van der Waals surface area contributed by atoms with Crippen LogP contribution in [-0.4, -0.2) is 30.6 Å². The number of alkyl halides is 3. The highest BCUT2D eigenvalue weighted by atomic mass is 19.4. The number of rotatable bonds is 3. The normalized spacial score (nSPS) is 19.5. The number of pyridine rings is 1. The average Bonchev–Trinajstić information content (AvgIpc) is 3.26. The molecule has 3 rings (SSSR count). The van der Waals surface area contributed by atoms with Gasteiger partial charge >= 0.3 is 12.1 Å². The minimum atomic E-state index is -4.54. The number of aromatic nitrogens is 1. The van der Waals surface area contributed by atoms with Crippen LogP contribution >= 0.6 is 0 Å². The van der Waals surface area contributed by atoms with E-state index < -0.39 is 17.7 Å². The number of hydrogen-bond donors (Lipinski definition) is 0. The minimum absolute atomic E-state index is 0.0958. The molecule has 2 aliphatic rings. The van der Waals surface area contributed by atoms with Crippen molar-refractivity contribution in [3.63, 3.8) is 0 Å². The van der Waals surface area contributed by atoms with Gasteiger partial charge in [0.15, 0.2) is 0 Å². The number of ether oxygens (including phenoxy) is 1. The van der Waals surface area contributed by atoms with Crippen molar-refractivity contribution in [3.8, 4) is 0 Å². The van der Waals surface area contributed by atoms with Crippen molar-refractivity contribution in [2.24, 2.45) is 5.41 Å². The van der Waals surface area contributed by atoms with Crippen LogP contribution in [0.2, 0.25) is 0 Å². The van der Waals surface area contributed by atoms with E-state index in [0.717, 1.165) is 18.9 Å². The summed E-state index contributed by atoms with van der Waals surface area (Å²) in [7, 11) is 0. The van der Waals surface area contributed by atoms with Crippen molar-refractivity contribution in [2.45, 2.75) is 45.7 Å². The molecule has 2 heterocycles. The number of carbonyl (C=O) groups excluding carboxylic acids is 1. The lowest BCUT2D eigenvalue weighted by atomic mass is 9.93. The Balaban J connectivity index is 1.97. The van der Waals surface area contributed by atoms with Crippen LogP contribution in [0.3, 0.4) is 0 Å². The molecule has 1 aliphatic heterocycles. The second kappa shape index (κ2) is 5.93. The van der Waals surface area contributed by atoms with Crippen LogP contribution in [0.25, 0.3) is 0 Å². The number of esters is 1. The zero-order valence-electron chi connectivity index (χ0n) is 13.9. The second-order valence-electron chi connectivity index (χ2n) is 6.70. The van der Waals surface area contributed by atoms with E-state index in [-0.39, 0.29) is 17.9 Å². The van der Waals surface area contributed by atoms with Gasteiger partial charge in [0.2, 0.25) is 0 Å². The third kappa shape index (κ3) is 3.21. The standard InChI is InChI=1S/C17H21F3N2O2/c1-3-24-15(23)12-10-13(17(18,19)20)11(2)21-14(12)22-8-6-16(4-5-16)7-9-22/h10H,3-9H2,1-2H3. The molecule has 24 heavy (non-hydrogen) atoms. The van der Waals surface area contributed by atoms with Gasteiger partial charge < -0.3 is 9.64 Å². The predicted molar refractivity (Wildman–Crippen MR) is 83.0 cm³/mol. The van der Waals surface area contributed by atoms with Gasteiger partial charge in [0.1, 0.15) is 11.4 Å². The van der Waals surface area contributed by atoms with Gasteiger partial charge in [0.05, 0.1) is 17.9 Å². The fourth-order valence-electron chi connectivity index (χ4n) is 3.35. The van der Waals surface area contributed by atoms with E-state index in [1.54, 1.807) is 6.92 Å². The van der Waals surface area contributed by atoms with Gasteiger partial charge in [-0.2, -0.15) is 13.2 Å². The van der Waals surface area contributed by atoms with Crippen molar-refractivity contribution in [1.82, 2.24) is 4.98 Å². The molecule has 0 aromatic carbocycles. The molecular formula is C17H21F3N2O2. The summed E-state index contributed by atoms with van der Waals surface area (Å²) >= 11 is 0. The van der Waals surface area contributed by atoms with Crippen molar-refractivity contribution in [3.05, 3.63) is 22.9 Å². The van der Waals surface area contributed by atoms with Crippen molar-refractivity contribution in [2.75, 3.05) is 24.6 Å². The highest BCUT2D eigenvalue weighted by Gasteiger charge is 2.45. The van der Waals surface area contributed by atoms with Crippen LogP contribution in [0.15, 0.2) is 6.07 Å². The summed E-state index contributed by atoms with van der Waals surface area (Å²) in [6.45, 7) is 4.49. The summed E-state index contributed by atoms with van der Waals surface area (Å²) in [5, 5.41) is 0. The zero-order valence-corrected chi connectivity index (χ0v) is 13.9. The molecule has 1 spiro atoms. The molecule has 0 radical (unpaired) electrons. The summed E-state index contributed by atoms with van der Waals surface area (Å²) in [6, 6.07) is 0.886. The summed E-state index contributed by atoms with van der Waals surface area (Å²) in [6.07, 6.45) is -0.0963. The Labute approximate surface area is 139 Å². The molecule has 1 saturated carbocycles. The van der Waals surface area contributed by atoms with Gasteiger partial charge in [-0.1, -0.05) is 0 Å². The van der Waals surface area contributed by atoms with Gasteiger partial charge in [0.25, 0.3) is 0 Å². The van der Waals surface area contributed by atoms with Gasteiger partial charge in [-0.25, -0.2) is 9.78 Å². The smallest absolute Gasteiger partial charge is 0.418 e. The number of nitrogens with zero attached hydrogens (tertiary/aromatic N) is 2. The average molecular weight is 342 g/mol. The Morgan fingerprint density at radius 2 is 1.92 bits per heavy atom. The third-order valence-corrected chi connectivity index (χ3v) is 5.07. The highest BCUT2D eigenvalue weighted by Crippen LogP contribution is 2.54. The quantitative estimate of drug-likeness (QED) is 0.780. The summed E-state index contributed by atoms with van der Waals surface area (Å²) in [5.41, 5.74) is -0.662. The van der Waals surface area contributed by atoms with Crippen molar-refractivity contribution >= 4 is 11.8 Å². The first kappa shape index (κ1) is 17.0. The first-order valence-electron chi connectivity index (χ1n) is 8.27. The van der Waals surface area contributed by atoms with Crippen molar-refractivity contribution in [1.29, 1.82) is 0 Å². The number of piperidine rings is 1. The first-order chi connectivity index (χ1) is 11.3. The Hall–Kier alpha value is -1.79. The van der Waals surface area contributed by atoms with Crippen LogP contribution in [-0.2, 0) is 10.9 Å². The van der Waals surface area contributed by atoms with Crippen LogP contribution in [0, 0.1) is 12.3 Å². The van der Waals surface area contributed by atoms with E-state index in [1.165, 1.54) is 19.8 Å². The molecule has 0 unspecified atom stereocenters. The van der Waals surface area contributed by atoms with Gasteiger partial charge in [-0.15, -0.1) is 0 Å². The van der Waals surface area contributed by atoms with Gasteiger partial charge in [0, 0.05) is 13.1 Å². The maximum atomic E-state index is 13.2. The van der Waals surface area contributed by atoms with E-state index in [1.807, 2.05) is 4.90 Å². The molecule has 1 aromatic heterocycles. The van der Waals surface area contributed by atoms with E-state index in [4.69, 9.17) is 4.74 Å². The van der Waals surface area contributed by atoms with Crippen LogP contribution in [0.4, 0.5) is 19.0 Å². The lowest BCUT2D eigenvalue weighted by Gasteiger charge is -2.34. The zero-order chi connectivity index (χ0) is 17.5. The Morgan fingerprint density at radius 1 is 1.29 bits per heavy atom. The van der Waals surface area contributed by atoms with Crippen LogP contribution in [0.5, 0.6) is 0 Å². The lowest BCUT2D eigenvalue weighted by Crippen LogP contribution is -2.36. The largest absolute Gasteiger partial charge is 0.462 e. The molecule has 1 aromatic rings. The molecule has 0 amide bonds. The maximum absolute atomic E-state index is 13.2. The fraction of sp³-hybridized carbons (Fsp3) is 0.647. The van der Waals surface area contributed by atoms with Crippen molar-refractivity contribution < 1.29 is 22.7 Å². The Morgan fingerprint density at radius 3 is 2.42 bits per heavy atom. The summed E-state index contributed by atoms with van der Waals surface area (Å²) in [5.74, 6) is -0.438. The van der Waals surface area contributed by atoms with E-state index >= 15 is 0 Å². The maximum Gasteiger partial charge on any atom is 0.418 e. The number of anilines is 1. The van der Waals surface area contributed by atoms with Gasteiger partial charge in [-0.3, -0.25) is 0 Å². The highest BCUT2D eigenvalue weighted by molar-refractivity contribution is 5.95. The molecule has 2 fully saturated rings. The molecule has 1 aliphatic carbocycles. The molecule has 0 bridgehead atoms. The third-order valence-electron chi connectivity index (χ3n) is 5.07. The fourth-order valence-corrected chi connectivity index (χ4v) is 3.35. The monoisotopic (exact) mass is 342 g/mol. The first-order valence-corrected chi connectivity index (χ1v) is 8.27. The SMILES string of the molecule is CCOC(=O)c1cc(C(F)(F)F)c(C)nc1N1CCC2(CC1)CC2. The molecule has 132 valence electrons. The Kier molecular flexibility index (Phi) is 4.21. The number of hydrogen-bond acceptors (Lipinski definition) is 4. The molecule has 0 atom stereocenters. The minimum Gasteiger partial charge on any atom is -0.462 e. The van der Waals surface area contributed by atoms with E-state index in [9.17, 15) is 18.0 Å². The number of halogens is 3. The number of carbonyl (C=O) groups is 1. The molecule has 4 nitrogen and oxygen atoms in total. The van der Waals surface area contributed by atoms with E-state index in [0.29, 0.717) is 24.3 Å². The molecular weight excluding hydrogens is 321 g/mol. The second-order valence-corrected chi connectivity index (χ2v) is 6.70. The number of aryl methyl sites for hydroxylation is 1. The van der Waals surface area contributed by atoms with Crippen LogP contribution < -0.4 is 4.90 Å². The van der Waals surface area contributed by atoms with Gasteiger partial charge in [-0.05, 0) is 51.0 Å². The molecule has 7 heteroatoms.